The Labute approximate surface area is 372 Å². The summed E-state index contributed by atoms with van der Waals surface area (Å²) < 4.78 is 37.7. The zero-order valence-corrected chi connectivity index (χ0v) is 39.3. The van der Waals surface area contributed by atoms with Crippen LogP contribution in [0.2, 0.25) is 0 Å². The molecule has 0 saturated carbocycles. The van der Waals surface area contributed by atoms with Gasteiger partial charge < -0.3 is 44.3 Å². The lowest BCUT2D eigenvalue weighted by molar-refractivity contribution is -0.409. The molecule has 5 N–H and O–H groups in total. The Hall–Kier alpha value is -2.41. The summed E-state index contributed by atoms with van der Waals surface area (Å²) in [6, 6.07) is 0. The van der Waals surface area contributed by atoms with Crippen LogP contribution in [0.15, 0.2) is 18.5 Å². The first kappa shape index (κ1) is 49.0. The second kappa shape index (κ2) is 19.6. The highest BCUT2D eigenvalue weighted by molar-refractivity contribution is 7.09. The van der Waals surface area contributed by atoms with Gasteiger partial charge in [0, 0.05) is 41.6 Å². The molecule has 0 radical (unpaired) electrons. The number of carbonyl (C=O) groups excluding carboxylic acids is 3. The molecule has 62 heavy (non-hydrogen) atoms. The number of rotatable bonds is 15. The average molecular weight is 891 g/mol. The zero-order chi connectivity index (χ0) is 45.4. The van der Waals surface area contributed by atoms with Crippen molar-refractivity contribution in [2.24, 2.45) is 41.4 Å². The van der Waals surface area contributed by atoms with E-state index in [4.69, 9.17) is 23.7 Å². The van der Waals surface area contributed by atoms with Crippen LogP contribution >= 0.6 is 11.5 Å². The highest BCUT2D eigenvalue weighted by Gasteiger charge is 2.63. The van der Waals surface area contributed by atoms with E-state index in [1.54, 1.807) is 19.1 Å². The van der Waals surface area contributed by atoms with Crippen molar-refractivity contribution in [3.05, 3.63) is 18.5 Å². The van der Waals surface area contributed by atoms with Crippen molar-refractivity contribution in [3.63, 3.8) is 0 Å². The summed E-state index contributed by atoms with van der Waals surface area (Å²) in [4.78, 5) is 44.4. The molecule has 5 aliphatic heterocycles. The average Bonchev–Trinajstić information content (AvgIpc) is 3.89. The first-order chi connectivity index (χ1) is 29.3. The second-order valence-corrected chi connectivity index (χ2v) is 20.4. The van der Waals surface area contributed by atoms with E-state index in [1.807, 2.05) is 41.5 Å². The molecule has 1 aromatic heterocycles. The number of anilines is 1. The minimum atomic E-state index is -1.39. The molecular weight excluding hydrogens is 817 g/mol. The van der Waals surface area contributed by atoms with E-state index in [1.165, 1.54) is 6.33 Å². The van der Waals surface area contributed by atoms with Gasteiger partial charge in [-0.2, -0.15) is 4.37 Å². The molecule has 6 heterocycles. The monoisotopic (exact) mass is 891 g/mol. The lowest BCUT2D eigenvalue weighted by Gasteiger charge is -2.54. The van der Waals surface area contributed by atoms with Crippen molar-refractivity contribution in [3.8, 4) is 0 Å². The van der Waals surface area contributed by atoms with Crippen LogP contribution in [-0.2, 0) is 38.1 Å². The van der Waals surface area contributed by atoms with E-state index < -0.39 is 82.9 Å². The Balaban J connectivity index is 1.11. The summed E-state index contributed by atoms with van der Waals surface area (Å²) in [5.74, 6) is -5.71. The number of amides is 2. The molecule has 18 atom stereocenters. The molecule has 16 heteroatoms. The quantitative estimate of drug-likeness (QED) is 0.134. The number of nitrogens with zero attached hydrogens (tertiary/aromatic N) is 2. The summed E-state index contributed by atoms with van der Waals surface area (Å²) in [5.41, 5.74) is -1.66. The molecule has 6 rings (SSSR count). The van der Waals surface area contributed by atoms with Gasteiger partial charge in [-0.3, -0.25) is 19.7 Å². The standard InChI is InChI=1S/C46H74N4O11S/c1-11-31(41(55)47-23-36(52)50-42-48-24-49-62-42)33-15-14-25(4)39(58-33)29(8)37(53)28(7)38(54)32(12-2)40-26(5)22-27(6)45(59-40)19-16-34(51)46(61-45)21-20-43(10,60-46)35-17-18-44(56,13-3)30(9)57-35/h16,19,24-35,37,39-40,51,53,56H,11-15,17-18,20-23H2,1-10H3,(H,47,55)(H,48,49,50,52)/t25?,26-,27+,28-,29-,30-,31+,32-,33+,34+,35+,37+,39+,40-,43-,44+,45-,46-/m0/s1. The van der Waals surface area contributed by atoms with Gasteiger partial charge in [0.15, 0.2) is 5.79 Å². The van der Waals surface area contributed by atoms with Crippen molar-refractivity contribution >= 4 is 34.3 Å². The lowest BCUT2D eigenvalue weighted by Crippen LogP contribution is -2.63. The van der Waals surface area contributed by atoms with Gasteiger partial charge in [-0.15, -0.1) is 0 Å². The van der Waals surface area contributed by atoms with Gasteiger partial charge in [0.1, 0.15) is 18.2 Å². The van der Waals surface area contributed by atoms with Gasteiger partial charge in [0.05, 0.1) is 60.3 Å². The van der Waals surface area contributed by atoms with Gasteiger partial charge in [-0.05, 0) is 95.6 Å². The van der Waals surface area contributed by atoms with E-state index in [0.29, 0.717) is 62.9 Å². The molecule has 4 fully saturated rings. The summed E-state index contributed by atoms with van der Waals surface area (Å²) in [6.07, 6.45) is 6.65. The van der Waals surface area contributed by atoms with Crippen LogP contribution < -0.4 is 10.6 Å². The molecule has 2 amide bonds. The SMILES string of the molecule is CC[C@@H](C(=O)[C@@H](C)[C@@H](O)[C@H](C)[C@@H]1O[C@@H]([C@@H](CC)C(=O)NCC(=O)Nc2ncns2)CCC1C)[C@H]1O[C@]2(C=C[C@@H](O)[C@]3(CC[C@@](C)([C@H]4CC[C@](O)(CC)[C@H](C)O4)O3)O2)[C@H](C)C[C@@H]1C. The number of aliphatic hydroxyl groups excluding tert-OH is 2. The fourth-order valence-corrected chi connectivity index (χ4v) is 11.6. The molecular formula is C46H74N4O11S. The van der Waals surface area contributed by atoms with Crippen LogP contribution in [0.1, 0.15) is 133 Å². The molecule has 0 aromatic carbocycles. The number of ether oxygens (including phenoxy) is 5. The Bertz CT molecular complexity index is 1740. The van der Waals surface area contributed by atoms with E-state index >= 15 is 0 Å². The van der Waals surface area contributed by atoms with Gasteiger partial charge in [-0.25, -0.2) is 4.98 Å². The number of Topliss-reactive ketones (excluding diaryl/α,β-unsaturated/α-hetero) is 1. The van der Waals surface area contributed by atoms with Crippen LogP contribution in [0.25, 0.3) is 0 Å². The molecule has 1 aromatic rings. The normalized spacial score (nSPS) is 41.0. The Morgan fingerprint density at radius 3 is 2.32 bits per heavy atom. The van der Waals surface area contributed by atoms with Crippen molar-refractivity contribution in [1.82, 2.24) is 14.7 Å². The maximum absolute atomic E-state index is 14.6. The predicted molar refractivity (Wildman–Crippen MR) is 233 cm³/mol. The fraction of sp³-hybridized carbons (Fsp3) is 0.848. The minimum Gasteiger partial charge on any atom is -0.392 e. The largest absolute Gasteiger partial charge is 0.392 e. The van der Waals surface area contributed by atoms with E-state index in [-0.39, 0.29) is 48.2 Å². The third-order valence-corrected chi connectivity index (χ3v) is 16.1. The molecule has 5 aliphatic rings. The first-order valence-electron chi connectivity index (χ1n) is 23.3. The maximum Gasteiger partial charge on any atom is 0.245 e. The van der Waals surface area contributed by atoms with Crippen LogP contribution in [-0.4, -0.2) is 114 Å². The highest BCUT2D eigenvalue weighted by Crippen LogP contribution is 2.54. The molecule has 0 bridgehead atoms. The van der Waals surface area contributed by atoms with Crippen molar-refractivity contribution in [1.29, 1.82) is 0 Å². The van der Waals surface area contributed by atoms with Crippen LogP contribution in [0, 0.1) is 41.4 Å². The van der Waals surface area contributed by atoms with Gasteiger partial charge in [0.2, 0.25) is 22.7 Å². The summed E-state index contributed by atoms with van der Waals surface area (Å²) in [5, 5.41) is 40.3. The van der Waals surface area contributed by atoms with E-state index in [2.05, 4.69) is 40.8 Å². The Morgan fingerprint density at radius 1 is 0.952 bits per heavy atom. The number of ketones is 1. The molecule has 4 saturated heterocycles. The maximum atomic E-state index is 14.6. The molecule has 0 aliphatic carbocycles. The number of hydrogen-bond donors (Lipinski definition) is 5. The van der Waals surface area contributed by atoms with Crippen molar-refractivity contribution in [2.75, 3.05) is 11.9 Å². The molecule has 2 spiro atoms. The second-order valence-electron chi connectivity index (χ2n) is 19.6. The lowest BCUT2D eigenvalue weighted by atomic mass is 9.72. The van der Waals surface area contributed by atoms with Gasteiger partial charge in [0.25, 0.3) is 0 Å². The number of aromatic nitrogens is 2. The van der Waals surface area contributed by atoms with E-state index in [0.717, 1.165) is 18.0 Å². The summed E-state index contributed by atoms with van der Waals surface area (Å²) >= 11 is 1.05. The molecule has 15 nitrogen and oxygen atoms in total. The van der Waals surface area contributed by atoms with Crippen LogP contribution in [0.4, 0.5) is 5.13 Å². The third kappa shape index (κ3) is 9.74. The van der Waals surface area contributed by atoms with Gasteiger partial charge in [-0.1, -0.05) is 55.4 Å². The topological polar surface area (TPSA) is 208 Å². The number of aliphatic hydroxyl groups is 3. The summed E-state index contributed by atoms with van der Waals surface area (Å²) in [6.45, 7) is 19.5. The zero-order valence-electron chi connectivity index (χ0n) is 38.5. The highest BCUT2D eigenvalue weighted by atomic mass is 32.1. The Morgan fingerprint density at radius 2 is 1.68 bits per heavy atom. The minimum absolute atomic E-state index is 0.00896. The third-order valence-electron chi connectivity index (χ3n) is 15.5. The van der Waals surface area contributed by atoms with Crippen molar-refractivity contribution < 1.29 is 53.4 Å². The number of nitrogens with one attached hydrogen (secondary N) is 2. The molecule has 1 unspecified atom stereocenters. The predicted octanol–water partition coefficient (Wildman–Crippen LogP) is 5.71. The number of carbonyl (C=O) groups is 3. The van der Waals surface area contributed by atoms with Gasteiger partial charge >= 0.3 is 0 Å². The van der Waals surface area contributed by atoms with Crippen molar-refractivity contribution in [2.45, 2.75) is 199 Å². The molecule has 350 valence electrons. The fourth-order valence-electron chi connectivity index (χ4n) is 11.2. The summed E-state index contributed by atoms with van der Waals surface area (Å²) in [7, 11) is 0. The first-order valence-corrected chi connectivity index (χ1v) is 24.1. The Kier molecular flexibility index (Phi) is 15.5. The van der Waals surface area contributed by atoms with E-state index in [9.17, 15) is 29.7 Å². The van der Waals surface area contributed by atoms with Crippen LogP contribution in [0.5, 0.6) is 0 Å². The number of hydrogen-bond acceptors (Lipinski definition) is 14. The smallest absolute Gasteiger partial charge is 0.245 e. The van der Waals surface area contributed by atoms with Crippen LogP contribution in [0.3, 0.4) is 0 Å².